The first-order valence-corrected chi connectivity index (χ1v) is 11.4. The number of carboxylic acids is 3. The van der Waals surface area contributed by atoms with Gasteiger partial charge in [-0.05, 0) is 30.7 Å². The zero-order valence-electron chi connectivity index (χ0n) is 18.3. The number of nitrogens with one attached hydrogen (secondary N) is 2. The third-order valence-corrected chi connectivity index (χ3v) is 5.13. The summed E-state index contributed by atoms with van der Waals surface area (Å²) in [5.41, 5.74) is 5.49. The minimum absolute atomic E-state index is 0.166. The molecule has 0 aliphatic heterocycles. The molecule has 35 heavy (non-hydrogen) atoms. The molecule has 2 atom stereocenters. The van der Waals surface area contributed by atoms with Gasteiger partial charge in [0.15, 0.2) is 0 Å². The number of nitrogens with zero attached hydrogens (tertiary/aromatic N) is 1. The standard InChI is InChI=1S/C17H21BrN4O8S.C2H4O2/c18-9-1-3-10(4-2-9)22(30)17(29)31-8-12(15(26)20-7-14(24)25)21-13(23)6-5-11(19)16(27)28;1-2(3)4/h1-4,11-12,30H,5-8,19H2,(H,20,26)(H,21,23)(H,24,25)(H,27,28);1H3,(H,3,4). The first-order valence-electron chi connectivity index (χ1n) is 9.62. The summed E-state index contributed by atoms with van der Waals surface area (Å²) in [5, 5.41) is 38.7. The summed E-state index contributed by atoms with van der Waals surface area (Å²) in [6.07, 6.45) is -0.496. The van der Waals surface area contributed by atoms with E-state index >= 15 is 0 Å². The van der Waals surface area contributed by atoms with Crippen molar-refractivity contribution in [3.63, 3.8) is 0 Å². The maximum atomic E-state index is 12.2. The number of hydrogen-bond donors (Lipinski definition) is 7. The van der Waals surface area contributed by atoms with Crippen molar-refractivity contribution in [3.8, 4) is 0 Å². The fourth-order valence-electron chi connectivity index (χ4n) is 2.05. The number of carboxylic acid groups (broad SMARTS) is 3. The zero-order valence-corrected chi connectivity index (χ0v) is 20.7. The maximum Gasteiger partial charge on any atom is 0.322 e. The summed E-state index contributed by atoms with van der Waals surface area (Å²) in [6, 6.07) is 3.54. The number of rotatable bonds is 11. The van der Waals surface area contributed by atoms with Crippen LogP contribution in [-0.4, -0.2) is 79.9 Å². The molecule has 3 amide bonds. The van der Waals surface area contributed by atoms with E-state index in [9.17, 15) is 29.2 Å². The second kappa shape index (κ2) is 16.4. The van der Waals surface area contributed by atoms with Gasteiger partial charge in [0, 0.05) is 23.6 Å². The lowest BCUT2D eigenvalue weighted by Crippen LogP contribution is -2.50. The van der Waals surface area contributed by atoms with Gasteiger partial charge < -0.3 is 31.7 Å². The molecule has 14 nitrogen and oxygen atoms in total. The van der Waals surface area contributed by atoms with Crippen LogP contribution in [0.25, 0.3) is 0 Å². The van der Waals surface area contributed by atoms with Gasteiger partial charge >= 0.3 is 17.2 Å². The lowest BCUT2D eigenvalue weighted by molar-refractivity contribution is -0.139. The Morgan fingerprint density at radius 3 is 2.11 bits per heavy atom. The molecule has 0 aromatic heterocycles. The van der Waals surface area contributed by atoms with E-state index in [0.29, 0.717) is 16.8 Å². The van der Waals surface area contributed by atoms with Gasteiger partial charge in [-0.25, -0.2) is 0 Å². The van der Waals surface area contributed by atoms with E-state index in [1.54, 1.807) is 12.1 Å². The summed E-state index contributed by atoms with van der Waals surface area (Å²) >= 11 is 3.73. The summed E-state index contributed by atoms with van der Waals surface area (Å²) in [5.74, 6) is -5.35. The molecule has 0 heterocycles. The highest BCUT2D eigenvalue weighted by Gasteiger charge is 2.25. The molecule has 8 N–H and O–H groups in total. The topological polar surface area (TPSA) is 237 Å². The molecule has 2 unspecified atom stereocenters. The van der Waals surface area contributed by atoms with Crippen molar-refractivity contribution >= 4 is 68.3 Å². The van der Waals surface area contributed by atoms with E-state index in [-0.39, 0.29) is 24.3 Å². The predicted octanol–water partition coefficient (Wildman–Crippen LogP) is 0.467. The summed E-state index contributed by atoms with van der Waals surface area (Å²) < 4.78 is 0.727. The van der Waals surface area contributed by atoms with Crippen LogP contribution in [0.3, 0.4) is 0 Å². The number of amides is 3. The maximum absolute atomic E-state index is 12.2. The van der Waals surface area contributed by atoms with Gasteiger partial charge in [-0.1, -0.05) is 27.7 Å². The van der Waals surface area contributed by atoms with Crippen LogP contribution in [0.5, 0.6) is 0 Å². The summed E-state index contributed by atoms with van der Waals surface area (Å²) in [6.45, 7) is 0.374. The number of benzene rings is 1. The van der Waals surface area contributed by atoms with Gasteiger partial charge in [0.2, 0.25) is 11.8 Å². The number of halogens is 1. The highest BCUT2D eigenvalue weighted by molar-refractivity contribution is 9.10. The molecule has 1 aromatic carbocycles. The van der Waals surface area contributed by atoms with Gasteiger partial charge in [-0.15, -0.1) is 0 Å². The second-order valence-corrected chi connectivity index (χ2v) is 8.49. The summed E-state index contributed by atoms with van der Waals surface area (Å²) in [7, 11) is 0. The van der Waals surface area contributed by atoms with Gasteiger partial charge in [0.05, 0.1) is 5.69 Å². The van der Waals surface area contributed by atoms with Gasteiger partial charge in [-0.3, -0.25) is 34.0 Å². The van der Waals surface area contributed by atoms with E-state index in [4.69, 9.17) is 25.8 Å². The summed E-state index contributed by atoms with van der Waals surface area (Å²) in [4.78, 5) is 66.8. The highest BCUT2D eigenvalue weighted by atomic mass is 79.9. The van der Waals surface area contributed by atoms with E-state index in [1.807, 2.05) is 0 Å². The molecule has 1 rings (SSSR count). The highest BCUT2D eigenvalue weighted by Crippen LogP contribution is 2.21. The zero-order chi connectivity index (χ0) is 27.1. The first kappa shape index (κ1) is 31.8. The molecule has 0 saturated carbocycles. The molecule has 16 heteroatoms. The van der Waals surface area contributed by atoms with E-state index < -0.39 is 53.6 Å². The van der Waals surface area contributed by atoms with Crippen LogP contribution in [0.4, 0.5) is 10.5 Å². The van der Waals surface area contributed by atoms with Gasteiger partial charge in [0.1, 0.15) is 18.6 Å². The number of hydrogen-bond acceptors (Lipinski definition) is 9. The van der Waals surface area contributed by atoms with Crippen LogP contribution < -0.4 is 21.4 Å². The molecule has 0 aliphatic rings. The normalized spacial score (nSPS) is 11.7. The Kier molecular flexibility index (Phi) is 14.9. The number of anilines is 1. The van der Waals surface area contributed by atoms with Crippen molar-refractivity contribution < 1.29 is 49.3 Å². The molecule has 1 aromatic rings. The number of thioether (sulfide) groups is 1. The van der Waals surface area contributed by atoms with Crippen LogP contribution in [0.2, 0.25) is 0 Å². The van der Waals surface area contributed by atoms with Crippen LogP contribution >= 0.6 is 27.7 Å². The largest absolute Gasteiger partial charge is 0.481 e. The Balaban J connectivity index is 0.00000267. The molecule has 0 saturated heterocycles. The Hall–Kier alpha value is -3.21. The predicted molar refractivity (Wildman–Crippen MR) is 127 cm³/mol. The van der Waals surface area contributed by atoms with Crippen molar-refractivity contribution in [1.82, 2.24) is 10.6 Å². The minimum atomic E-state index is -1.32. The third kappa shape index (κ3) is 14.6. The minimum Gasteiger partial charge on any atom is -0.481 e. The van der Waals surface area contributed by atoms with Crippen molar-refractivity contribution in [3.05, 3.63) is 28.7 Å². The Morgan fingerprint density at radius 2 is 1.63 bits per heavy atom. The number of carbonyl (C=O) groups is 6. The number of nitrogens with two attached hydrogens (primary N) is 1. The molecule has 194 valence electrons. The quantitative estimate of drug-likeness (QED) is 0.139. The van der Waals surface area contributed by atoms with Crippen molar-refractivity contribution in [2.75, 3.05) is 17.4 Å². The van der Waals surface area contributed by atoms with Crippen LogP contribution in [0.15, 0.2) is 28.7 Å². The molecule has 0 spiro atoms. The van der Waals surface area contributed by atoms with Gasteiger partial charge in [-0.2, -0.15) is 5.06 Å². The van der Waals surface area contributed by atoms with Crippen LogP contribution in [0, 0.1) is 0 Å². The Morgan fingerprint density at radius 1 is 1.09 bits per heavy atom. The monoisotopic (exact) mass is 580 g/mol. The second-order valence-electron chi connectivity index (χ2n) is 6.60. The fraction of sp³-hybridized carbons (Fsp3) is 0.368. The molecule has 0 aliphatic carbocycles. The SMILES string of the molecule is CC(=O)O.NC(CCC(=O)NC(CSC(=O)N(O)c1ccc(Br)cc1)C(=O)NCC(=O)O)C(=O)O. The Labute approximate surface area is 211 Å². The molecular weight excluding hydrogens is 556 g/mol. The fourth-order valence-corrected chi connectivity index (χ4v) is 3.08. The average molecular weight is 581 g/mol. The third-order valence-electron chi connectivity index (χ3n) is 3.68. The Bertz CT molecular complexity index is 911. The van der Waals surface area contributed by atoms with Crippen molar-refractivity contribution in [1.29, 1.82) is 0 Å². The molecule has 0 fully saturated rings. The van der Waals surface area contributed by atoms with Gasteiger partial charge in [0.25, 0.3) is 5.97 Å². The van der Waals surface area contributed by atoms with E-state index in [1.165, 1.54) is 12.1 Å². The van der Waals surface area contributed by atoms with Crippen LogP contribution in [0.1, 0.15) is 19.8 Å². The molecule has 0 radical (unpaired) electrons. The number of aliphatic carboxylic acids is 3. The van der Waals surface area contributed by atoms with Crippen molar-refractivity contribution in [2.45, 2.75) is 31.8 Å². The lowest BCUT2D eigenvalue weighted by atomic mass is 10.1. The first-order chi connectivity index (χ1) is 16.2. The molecule has 0 bridgehead atoms. The van der Waals surface area contributed by atoms with Crippen LogP contribution in [-0.2, 0) is 24.0 Å². The smallest absolute Gasteiger partial charge is 0.322 e. The number of hydroxylamine groups is 1. The van der Waals surface area contributed by atoms with Crippen molar-refractivity contribution in [2.24, 2.45) is 5.73 Å². The van der Waals surface area contributed by atoms with E-state index in [0.717, 1.165) is 11.4 Å². The average Bonchev–Trinajstić information content (AvgIpc) is 2.77. The van der Waals surface area contributed by atoms with E-state index in [2.05, 4.69) is 26.6 Å². The molecular formula is C19H25BrN4O10S. The lowest BCUT2D eigenvalue weighted by Gasteiger charge is -2.19. The number of carbonyl (C=O) groups excluding carboxylic acids is 3.